The van der Waals surface area contributed by atoms with Gasteiger partial charge in [0.25, 0.3) is 0 Å². The quantitative estimate of drug-likeness (QED) is 0.674. The monoisotopic (exact) mass is 225 g/mol. The fourth-order valence-electron chi connectivity index (χ4n) is 1.48. The number of hydrogen-bond acceptors (Lipinski definition) is 3. The lowest BCUT2D eigenvalue weighted by Gasteiger charge is -2.25. The Morgan fingerprint density at radius 2 is 2.13 bits per heavy atom. The van der Waals surface area contributed by atoms with Crippen LogP contribution in [0.25, 0.3) is 0 Å². The Morgan fingerprint density at radius 1 is 1.40 bits per heavy atom. The molecule has 1 heterocycles. The Hall–Kier alpha value is -0.620. The van der Waals surface area contributed by atoms with Crippen molar-refractivity contribution in [1.82, 2.24) is 4.90 Å². The van der Waals surface area contributed by atoms with Crippen LogP contribution in [0.15, 0.2) is 0 Å². The Labute approximate surface area is 86.2 Å². The molecule has 0 spiro atoms. The number of ketones is 1. The van der Waals surface area contributed by atoms with Gasteiger partial charge in [-0.25, -0.2) is 0 Å². The van der Waals surface area contributed by atoms with E-state index in [1.165, 1.54) is 0 Å². The summed E-state index contributed by atoms with van der Waals surface area (Å²) >= 11 is 0. The minimum Gasteiger partial charge on any atom is -0.371 e. The van der Waals surface area contributed by atoms with Gasteiger partial charge in [-0.15, -0.1) is 0 Å². The van der Waals surface area contributed by atoms with Crippen molar-refractivity contribution < 1.29 is 22.7 Å². The van der Waals surface area contributed by atoms with Gasteiger partial charge in [0, 0.05) is 13.0 Å². The van der Waals surface area contributed by atoms with Gasteiger partial charge < -0.3 is 4.74 Å². The van der Waals surface area contributed by atoms with Crippen LogP contribution in [0.3, 0.4) is 0 Å². The third-order valence-electron chi connectivity index (χ3n) is 2.15. The van der Waals surface area contributed by atoms with Crippen LogP contribution in [0.1, 0.15) is 12.8 Å². The predicted molar refractivity (Wildman–Crippen MR) is 47.6 cm³/mol. The molecule has 0 aromatic carbocycles. The van der Waals surface area contributed by atoms with Gasteiger partial charge >= 0.3 is 6.18 Å². The maximum atomic E-state index is 11.7. The highest BCUT2D eigenvalue weighted by molar-refractivity contribution is 5.81. The third kappa shape index (κ3) is 5.74. The highest BCUT2D eigenvalue weighted by Crippen LogP contribution is 2.14. The molecule has 0 atom stereocenters. The number of rotatable bonds is 4. The Morgan fingerprint density at radius 3 is 2.73 bits per heavy atom. The van der Waals surface area contributed by atoms with E-state index in [9.17, 15) is 18.0 Å². The second kappa shape index (κ2) is 5.46. The van der Waals surface area contributed by atoms with Gasteiger partial charge in [0.15, 0.2) is 0 Å². The number of nitrogens with zero attached hydrogens (tertiary/aromatic N) is 1. The summed E-state index contributed by atoms with van der Waals surface area (Å²) in [6.45, 7) is 0.305. The lowest BCUT2D eigenvalue weighted by molar-refractivity contribution is -0.174. The fourth-order valence-corrected chi connectivity index (χ4v) is 1.48. The van der Waals surface area contributed by atoms with E-state index in [1.54, 1.807) is 0 Å². The summed E-state index contributed by atoms with van der Waals surface area (Å²) in [4.78, 5) is 12.8. The first kappa shape index (κ1) is 12.4. The average Bonchev–Trinajstić information content (AvgIpc) is 2.11. The molecule has 0 unspecified atom stereocenters. The lowest BCUT2D eigenvalue weighted by atomic mass is 10.1. The highest BCUT2D eigenvalue weighted by Gasteiger charge is 2.27. The number of carbonyl (C=O) groups excluding carboxylic acids is 1. The van der Waals surface area contributed by atoms with Crippen molar-refractivity contribution in [1.29, 1.82) is 0 Å². The van der Waals surface area contributed by atoms with Crippen LogP contribution >= 0.6 is 0 Å². The van der Waals surface area contributed by atoms with E-state index in [1.807, 2.05) is 4.90 Å². The minimum absolute atomic E-state index is 0.0206. The van der Waals surface area contributed by atoms with Crippen molar-refractivity contribution in [2.45, 2.75) is 19.0 Å². The molecule has 1 aliphatic heterocycles. The minimum atomic E-state index is -4.27. The predicted octanol–water partition coefficient (Wildman–Crippen LogP) is 1.23. The molecule has 1 saturated heterocycles. The lowest BCUT2D eigenvalue weighted by Crippen LogP contribution is -2.38. The van der Waals surface area contributed by atoms with Crippen molar-refractivity contribution >= 4 is 5.78 Å². The van der Waals surface area contributed by atoms with Crippen molar-refractivity contribution in [3.63, 3.8) is 0 Å². The SMILES string of the molecule is O=C1CCCN(CCOCC(F)(F)F)C1. The van der Waals surface area contributed by atoms with E-state index in [4.69, 9.17) is 0 Å². The van der Waals surface area contributed by atoms with E-state index < -0.39 is 12.8 Å². The summed E-state index contributed by atoms with van der Waals surface area (Å²) in [5.41, 5.74) is 0. The second-order valence-corrected chi connectivity index (χ2v) is 3.59. The molecule has 1 fully saturated rings. The van der Waals surface area contributed by atoms with Gasteiger partial charge in [-0.1, -0.05) is 0 Å². The number of halogens is 3. The molecule has 15 heavy (non-hydrogen) atoms. The molecule has 0 aromatic heterocycles. The molecule has 0 N–H and O–H groups in total. The smallest absolute Gasteiger partial charge is 0.371 e. The summed E-state index contributed by atoms with van der Waals surface area (Å²) in [6, 6.07) is 0. The maximum Gasteiger partial charge on any atom is 0.411 e. The zero-order valence-corrected chi connectivity index (χ0v) is 8.35. The molecule has 0 radical (unpaired) electrons. The second-order valence-electron chi connectivity index (χ2n) is 3.59. The number of piperidine rings is 1. The first-order valence-corrected chi connectivity index (χ1v) is 4.86. The van der Waals surface area contributed by atoms with Gasteiger partial charge in [-0.3, -0.25) is 9.69 Å². The largest absolute Gasteiger partial charge is 0.411 e. The zero-order chi connectivity index (χ0) is 11.3. The van der Waals surface area contributed by atoms with Gasteiger partial charge in [0.2, 0.25) is 0 Å². The zero-order valence-electron chi connectivity index (χ0n) is 8.35. The molecule has 0 amide bonds. The molecule has 0 saturated carbocycles. The van der Waals surface area contributed by atoms with E-state index in [0.29, 0.717) is 19.5 Å². The number of Topliss-reactive ketones (excluding diaryl/α,β-unsaturated/α-hetero) is 1. The molecule has 3 nitrogen and oxygen atoms in total. The molecular formula is C9H14F3NO2. The molecule has 0 bridgehead atoms. The van der Waals surface area contributed by atoms with E-state index >= 15 is 0 Å². The van der Waals surface area contributed by atoms with E-state index in [2.05, 4.69) is 4.74 Å². The molecule has 0 aliphatic carbocycles. The maximum absolute atomic E-state index is 11.7. The molecular weight excluding hydrogens is 211 g/mol. The summed E-state index contributed by atoms with van der Waals surface area (Å²) in [6.07, 6.45) is -2.89. The fraction of sp³-hybridized carbons (Fsp3) is 0.889. The van der Waals surface area contributed by atoms with Gasteiger partial charge in [0.05, 0.1) is 13.2 Å². The van der Waals surface area contributed by atoms with Gasteiger partial charge in [-0.05, 0) is 13.0 Å². The number of ether oxygens (including phenoxy) is 1. The van der Waals surface area contributed by atoms with Crippen molar-refractivity contribution in [3.05, 3.63) is 0 Å². The molecule has 1 aliphatic rings. The van der Waals surface area contributed by atoms with Gasteiger partial charge in [0.1, 0.15) is 12.4 Å². The topological polar surface area (TPSA) is 29.5 Å². The summed E-state index contributed by atoms with van der Waals surface area (Å²) in [7, 11) is 0. The molecule has 0 aromatic rings. The summed E-state index contributed by atoms with van der Waals surface area (Å²) in [5, 5.41) is 0. The van der Waals surface area contributed by atoms with Crippen molar-refractivity contribution in [2.75, 3.05) is 32.8 Å². The van der Waals surface area contributed by atoms with Crippen LogP contribution in [0, 0.1) is 0 Å². The standard InChI is InChI=1S/C9H14F3NO2/c10-9(11,12)7-15-5-4-13-3-1-2-8(14)6-13/h1-7H2. The molecule has 1 rings (SSSR count). The molecule has 88 valence electrons. The summed E-state index contributed by atoms with van der Waals surface area (Å²) < 4.78 is 39.5. The number of alkyl halides is 3. The molecule has 6 heteroatoms. The Balaban J connectivity index is 2.07. The first-order chi connectivity index (χ1) is 6.97. The van der Waals surface area contributed by atoms with Crippen molar-refractivity contribution in [2.24, 2.45) is 0 Å². The number of hydrogen-bond donors (Lipinski definition) is 0. The van der Waals surface area contributed by atoms with Crippen LogP contribution in [-0.2, 0) is 9.53 Å². The van der Waals surface area contributed by atoms with Gasteiger partial charge in [-0.2, -0.15) is 13.2 Å². The number of likely N-dealkylation sites (tertiary alicyclic amines) is 1. The van der Waals surface area contributed by atoms with Crippen LogP contribution in [0.4, 0.5) is 13.2 Å². The van der Waals surface area contributed by atoms with E-state index in [-0.39, 0.29) is 12.4 Å². The Bertz CT molecular complexity index is 218. The normalized spacial score (nSPS) is 19.5. The van der Waals surface area contributed by atoms with Crippen molar-refractivity contribution in [3.8, 4) is 0 Å². The van der Waals surface area contributed by atoms with Crippen LogP contribution in [0.2, 0.25) is 0 Å². The average molecular weight is 225 g/mol. The van der Waals surface area contributed by atoms with E-state index in [0.717, 1.165) is 13.0 Å². The summed E-state index contributed by atoms with van der Waals surface area (Å²) in [5.74, 6) is 0.150. The Kier molecular flexibility index (Phi) is 4.53. The third-order valence-corrected chi connectivity index (χ3v) is 2.15. The van der Waals surface area contributed by atoms with Crippen LogP contribution < -0.4 is 0 Å². The number of carbonyl (C=O) groups is 1. The highest BCUT2D eigenvalue weighted by atomic mass is 19.4. The van der Waals surface area contributed by atoms with Crippen LogP contribution in [0.5, 0.6) is 0 Å². The van der Waals surface area contributed by atoms with Crippen LogP contribution in [-0.4, -0.2) is 49.7 Å². The first-order valence-electron chi connectivity index (χ1n) is 4.86.